The Hall–Kier alpha value is -5.44. The standard InChI is InChI=1S/C34H30O9/c1-40-22-14-12-20(13-15-22)16-17-42-26-11-7-6-10-23(26)24(18-28(36)41-2)29-31(37)33(39)32(38)30-25(35)19-27(43-34(29)30)21-8-4-3-5-9-21/h3-15,19,24,37-39H,16-18H2,1-2H3. The summed E-state index contributed by atoms with van der Waals surface area (Å²) >= 11 is 0. The van der Waals surface area contributed by atoms with E-state index in [9.17, 15) is 24.9 Å². The van der Waals surface area contributed by atoms with E-state index < -0.39 is 34.6 Å². The molecule has 0 spiro atoms. The van der Waals surface area contributed by atoms with Gasteiger partial charge in [0.15, 0.2) is 16.9 Å². The first-order valence-electron chi connectivity index (χ1n) is 13.5. The molecule has 220 valence electrons. The molecule has 0 aliphatic heterocycles. The number of phenols is 3. The molecule has 9 nitrogen and oxygen atoms in total. The smallest absolute Gasteiger partial charge is 0.306 e. The van der Waals surface area contributed by atoms with Crippen molar-refractivity contribution in [2.45, 2.75) is 18.8 Å². The van der Waals surface area contributed by atoms with Crippen LogP contribution in [0, 0.1) is 0 Å². The quantitative estimate of drug-likeness (QED) is 0.136. The number of hydrogen-bond donors (Lipinski definition) is 3. The molecular weight excluding hydrogens is 552 g/mol. The van der Waals surface area contributed by atoms with E-state index in [1.54, 1.807) is 55.6 Å². The summed E-state index contributed by atoms with van der Waals surface area (Å²) in [5.74, 6) is -2.78. The topological polar surface area (TPSA) is 136 Å². The molecule has 1 atom stereocenters. The van der Waals surface area contributed by atoms with E-state index in [1.807, 2.05) is 30.3 Å². The van der Waals surface area contributed by atoms with Crippen LogP contribution in [-0.2, 0) is 16.0 Å². The molecule has 0 bridgehead atoms. The fourth-order valence-corrected chi connectivity index (χ4v) is 5.03. The summed E-state index contributed by atoms with van der Waals surface area (Å²) in [5.41, 5.74) is 1.17. The first-order valence-corrected chi connectivity index (χ1v) is 13.5. The average molecular weight is 583 g/mol. The number of carbonyl (C=O) groups is 1. The lowest BCUT2D eigenvalue weighted by Gasteiger charge is -2.23. The Bertz CT molecular complexity index is 1810. The van der Waals surface area contributed by atoms with E-state index >= 15 is 0 Å². The zero-order chi connectivity index (χ0) is 30.5. The number of aromatic hydroxyl groups is 3. The first kappa shape index (κ1) is 29.1. The fraction of sp³-hybridized carbons (Fsp3) is 0.176. The highest BCUT2D eigenvalue weighted by Gasteiger charge is 2.32. The van der Waals surface area contributed by atoms with Gasteiger partial charge in [-0.1, -0.05) is 60.7 Å². The highest BCUT2D eigenvalue weighted by atomic mass is 16.5. The van der Waals surface area contributed by atoms with E-state index in [0.29, 0.717) is 23.3 Å². The van der Waals surface area contributed by atoms with Crippen LogP contribution >= 0.6 is 0 Å². The molecule has 5 rings (SSSR count). The molecule has 0 amide bonds. The summed E-state index contributed by atoms with van der Waals surface area (Å²) in [7, 11) is 2.83. The maximum Gasteiger partial charge on any atom is 0.306 e. The number of para-hydroxylation sites is 1. The Morgan fingerprint density at radius 2 is 1.56 bits per heavy atom. The molecule has 1 heterocycles. The summed E-state index contributed by atoms with van der Waals surface area (Å²) in [6.07, 6.45) is 0.269. The van der Waals surface area contributed by atoms with Crippen molar-refractivity contribution in [2.75, 3.05) is 20.8 Å². The van der Waals surface area contributed by atoms with Crippen molar-refractivity contribution in [2.24, 2.45) is 0 Å². The number of phenolic OH excluding ortho intramolecular Hbond substituents is 3. The summed E-state index contributed by atoms with van der Waals surface area (Å²) in [6, 6.07) is 24.5. The third kappa shape index (κ3) is 5.97. The molecule has 4 aromatic carbocycles. The van der Waals surface area contributed by atoms with Crippen molar-refractivity contribution in [3.8, 4) is 40.1 Å². The minimum Gasteiger partial charge on any atom is -0.504 e. The molecule has 0 aliphatic carbocycles. The number of methoxy groups -OCH3 is 2. The molecule has 0 saturated heterocycles. The Morgan fingerprint density at radius 3 is 2.26 bits per heavy atom. The Balaban J connectivity index is 1.64. The average Bonchev–Trinajstić information content (AvgIpc) is 3.04. The summed E-state index contributed by atoms with van der Waals surface area (Å²) in [4.78, 5) is 26.0. The minimum absolute atomic E-state index is 0.0724. The number of ether oxygens (including phenoxy) is 3. The van der Waals surface area contributed by atoms with Gasteiger partial charge in [0.2, 0.25) is 5.75 Å². The van der Waals surface area contributed by atoms with Crippen molar-refractivity contribution in [3.05, 3.63) is 112 Å². The molecule has 0 saturated carbocycles. The Kier molecular flexibility index (Phi) is 8.52. The van der Waals surface area contributed by atoms with Crippen molar-refractivity contribution >= 4 is 16.9 Å². The van der Waals surface area contributed by atoms with Gasteiger partial charge in [0.1, 0.15) is 28.2 Å². The molecule has 9 heteroatoms. The SMILES string of the molecule is COC(=O)CC(c1ccccc1OCCc1ccc(OC)cc1)c1c(O)c(O)c(O)c2c(=O)cc(-c3ccccc3)oc12. The van der Waals surface area contributed by atoms with Crippen LogP contribution in [0.25, 0.3) is 22.3 Å². The van der Waals surface area contributed by atoms with E-state index in [1.165, 1.54) is 13.2 Å². The number of benzene rings is 4. The van der Waals surface area contributed by atoms with E-state index in [0.717, 1.165) is 11.3 Å². The number of carbonyl (C=O) groups excluding carboxylic acids is 1. The van der Waals surface area contributed by atoms with Gasteiger partial charge in [-0.3, -0.25) is 9.59 Å². The molecule has 0 fully saturated rings. The minimum atomic E-state index is -1.01. The largest absolute Gasteiger partial charge is 0.504 e. The van der Waals surface area contributed by atoms with Crippen molar-refractivity contribution in [3.63, 3.8) is 0 Å². The second-order valence-electron chi connectivity index (χ2n) is 9.82. The second kappa shape index (κ2) is 12.6. The number of hydrogen-bond acceptors (Lipinski definition) is 9. The molecular formula is C34H30O9. The molecule has 0 aliphatic rings. The van der Waals surface area contributed by atoms with E-state index in [4.69, 9.17) is 18.6 Å². The lowest BCUT2D eigenvalue weighted by molar-refractivity contribution is -0.140. The summed E-state index contributed by atoms with van der Waals surface area (Å²) in [6.45, 7) is 0.287. The van der Waals surface area contributed by atoms with Gasteiger partial charge in [-0.15, -0.1) is 0 Å². The number of rotatable bonds is 10. The molecule has 0 radical (unpaired) electrons. The molecule has 5 aromatic rings. The predicted molar refractivity (Wildman–Crippen MR) is 160 cm³/mol. The third-order valence-corrected chi connectivity index (χ3v) is 7.24. The van der Waals surface area contributed by atoms with Gasteiger partial charge in [0.25, 0.3) is 0 Å². The van der Waals surface area contributed by atoms with Gasteiger partial charge >= 0.3 is 5.97 Å². The number of esters is 1. The monoisotopic (exact) mass is 582 g/mol. The van der Waals surface area contributed by atoms with Crippen LogP contribution in [-0.4, -0.2) is 42.1 Å². The summed E-state index contributed by atoms with van der Waals surface area (Å²) < 4.78 is 22.5. The molecule has 1 unspecified atom stereocenters. The predicted octanol–water partition coefficient (Wildman–Crippen LogP) is 5.90. The number of fused-ring (bicyclic) bond motifs is 1. The van der Waals surface area contributed by atoms with Crippen LogP contribution in [0.4, 0.5) is 0 Å². The molecule has 1 aromatic heterocycles. The van der Waals surface area contributed by atoms with Gasteiger partial charge in [-0.25, -0.2) is 0 Å². The van der Waals surface area contributed by atoms with E-state index in [-0.39, 0.29) is 35.3 Å². The van der Waals surface area contributed by atoms with Crippen LogP contribution in [0.1, 0.15) is 29.0 Å². The normalized spacial score (nSPS) is 11.7. The first-order chi connectivity index (χ1) is 20.8. The zero-order valence-electron chi connectivity index (χ0n) is 23.6. The lowest BCUT2D eigenvalue weighted by Crippen LogP contribution is -2.14. The Labute approximate surface area is 247 Å². The van der Waals surface area contributed by atoms with Crippen LogP contribution in [0.15, 0.2) is 94.1 Å². The molecule has 43 heavy (non-hydrogen) atoms. The third-order valence-electron chi connectivity index (χ3n) is 7.24. The summed E-state index contributed by atoms with van der Waals surface area (Å²) in [5, 5.41) is 32.3. The lowest BCUT2D eigenvalue weighted by atomic mass is 9.85. The van der Waals surface area contributed by atoms with Crippen LogP contribution in [0.3, 0.4) is 0 Å². The highest BCUT2D eigenvalue weighted by molar-refractivity contribution is 5.94. The van der Waals surface area contributed by atoms with Gasteiger partial charge in [-0.2, -0.15) is 0 Å². The second-order valence-corrected chi connectivity index (χ2v) is 9.82. The van der Waals surface area contributed by atoms with Gasteiger partial charge in [0.05, 0.1) is 27.2 Å². The van der Waals surface area contributed by atoms with Gasteiger partial charge in [0, 0.05) is 35.1 Å². The van der Waals surface area contributed by atoms with Gasteiger partial charge < -0.3 is 33.9 Å². The van der Waals surface area contributed by atoms with Crippen LogP contribution in [0.2, 0.25) is 0 Å². The maximum absolute atomic E-state index is 13.3. The fourth-order valence-electron chi connectivity index (χ4n) is 5.03. The van der Waals surface area contributed by atoms with Crippen molar-refractivity contribution < 1.29 is 38.7 Å². The molecule has 3 N–H and O–H groups in total. The van der Waals surface area contributed by atoms with Crippen molar-refractivity contribution in [1.29, 1.82) is 0 Å². The van der Waals surface area contributed by atoms with Crippen molar-refractivity contribution in [1.82, 2.24) is 0 Å². The van der Waals surface area contributed by atoms with Gasteiger partial charge in [-0.05, 0) is 23.8 Å². The highest BCUT2D eigenvalue weighted by Crippen LogP contribution is 2.50. The van der Waals surface area contributed by atoms with Crippen LogP contribution in [0.5, 0.6) is 28.7 Å². The van der Waals surface area contributed by atoms with Crippen LogP contribution < -0.4 is 14.9 Å². The zero-order valence-corrected chi connectivity index (χ0v) is 23.6. The maximum atomic E-state index is 13.3. The Morgan fingerprint density at radius 1 is 0.860 bits per heavy atom. The van der Waals surface area contributed by atoms with E-state index in [2.05, 4.69) is 0 Å².